The minimum Gasteiger partial charge on any atom is -0.352 e. The summed E-state index contributed by atoms with van der Waals surface area (Å²) in [5.41, 5.74) is 0. The molecule has 0 aromatic heterocycles. The molecule has 2 fully saturated rings. The third kappa shape index (κ3) is 3.20. The Bertz CT molecular complexity index is 218. The van der Waals surface area contributed by atoms with Gasteiger partial charge in [0.2, 0.25) is 5.91 Å². The van der Waals surface area contributed by atoms with Gasteiger partial charge in [0, 0.05) is 12.1 Å². The van der Waals surface area contributed by atoms with Crippen LogP contribution in [0.5, 0.6) is 0 Å². The molecule has 2 rings (SSSR count). The van der Waals surface area contributed by atoms with E-state index in [0.717, 1.165) is 5.92 Å². The van der Waals surface area contributed by atoms with E-state index in [1.165, 1.54) is 38.5 Å². The van der Waals surface area contributed by atoms with E-state index in [2.05, 4.69) is 17.6 Å². The topological polar surface area (TPSA) is 41.1 Å². The second-order valence-electron chi connectivity index (χ2n) is 5.20. The van der Waals surface area contributed by atoms with Gasteiger partial charge in [-0.3, -0.25) is 4.79 Å². The van der Waals surface area contributed by atoms with Crippen molar-refractivity contribution in [2.45, 2.75) is 57.5 Å². The smallest absolute Gasteiger partial charge is 0.234 e. The van der Waals surface area contributed by atoms with Gasteiger partial charge in [0.1, 0.15) is 0 Å². The predicted octanol–water partition coefficient (Wildman–Crippen LogP) is 1.43. The summed E-state index contributed by atoms with van der Waals surface area (Å²) in [5.74, 6) is 1.03. The van der Waals surface area contributed by atoms with E-state index >= 15 is 0 Å². The van der Waals surface area contributed by atoms with Crippen LogP contribution < -0.4 is 10.6 Å². The van der Waals surface area contributed by atoms with Crippen molar-refractivity contribution in [2.75, 3.05) is 6.54 Å². The van der Waals surface area contributed by atoms with E-state index in [9.17, 15) is 4.79 Å². The zero-order chi connectivity index (χ0) is 10.7. The number of hydrogen-bond donors (Lipinski definition) is 2. The van der Waals surface area contributed by atoms with Gasteiger partial charge in [-0.25, -0.2) is 0 Å². The van der Waals surface area contributed by atoms with E-state index in [1.54, 1.807) is 0 Å². The van der Waals surface area contributed by atoms with Gasteiger partial charge in [0.25, 0.3) is 0 Å². The van der Waals surface area contributed by atoms with E-state index < -0.39 is 0 Å². The molecule has 0 saturated heterocycles. The lowest BCUT2D eigenvalue weighted by molar-refractivity contribution is -0.121. The standard InChI is InChI=1S/C12H22N2O/c1-9-6-11(7-9)13-8-12(15)14-10-4-2-3-5-10/h9-11,13H,2-8H2,1H3,(H,14,15). The fourth-order valence-electron chi connectivity index (χ4n) is 2.65. The molecule has 15 heavy (non-hydrogen) atoms. The number of carbonyl (C=O) groups excluding carboxylic acids is 1. The first-order chi connectivity index (χ1) is 7.24. The third-order valence-corrected chi connectivity index (χ3v) is 3.65. The number of nitrogens with one attached hydrogen (secondary N) is 2. The van der Waals surface area contributed by atoms with Crippen LogP contribution >= 0.6 is 0 Å². The summed E-state index contributed by atoms with van der Waals surface area (Å²) in [6.07, 6.45) is 7.36. The maximum absolute atomic E-state index is 11.6. The van der Waals surface area contributed by atoms with Gasteiger partial charge in [-0.2, -0.15) is 0 Å². The van der Waals surface area contributed by atoms with Gasteiger partial charge in [0.15, 0.2) is 0 Å². The van der Waals surface area contributed by atoms with Crippen molar-refractivity contribution < 1.29 is 4.79 Å². The molecule has 0 atom stereocenters. The SMILES string of the molecule is CC1CC(NCC(=O)NC2CCCC2)C1. The summed E-state index contributed by atoms with van der Waals surface area (Å²) >= 11 is 0. The molecule has 0 aliphatic heterocycles. The van der Waals surface area contributed by atoms with Gasteiger partial charge in [-0.1, -0.05) is 19.8 Å². The Morgan fingerprint density at radius 1 is 1.20 bits per heavy atom. The van der Waals surface area contributed by atoms with Crippen LogP contribution in [0.2, 0.25) is 0 Å². The highest BCUT2D eigenvalue weighted by molar-refractivity contribution is 5.78. The van der Waals surface area contributed by atoms with Crippen LogP contribution in [0.25, 0.3) is 0 Å². The summed E-state index contributed by atoms with van der Waals surface area (Å²) in [5, 5.41) is 6.40. The Kier molecular flexibility index (Phi) is 3.62. The minimum atomic E-state index is 0.182. The van der Waals surface area contributed by atoms with E-state index in [4.69, 9.17) is 0 Å². The van der Waals surface area contributed by atoms with Gasteiger partial charge in [0.05, 0.1) is 6.54 Å². The molecule has 2 aliphatic carbocycles. The average Bonchev–Trinajstić information content (AvgIpc) is 2.63. The zero-order valence-electron chi connectivity index (χ0n) is 9.59. The Morgan fingerprint density at radius 2 is 1.87 bits per heavy atom. The Morgan fingerprint density at radius 3 is 2.47 bits per heavy atom. The van der Waals surface area contributed by atoms with Crippen LogP contribution in [-0.4, -0.2) is 24.5 Å². The second kappa shape index (κ2) is 4.97. The summed E-state index contributed by atoms with van der Waals surface area (Å²) in [6.45, 7) is 2.77. The monoisotopic (exact) mass is 210 g/mol. The lowest BCUT2D eigenvalue weighted by atomic mass is 9.82. The number of hydrogen-bond acceptors (Lipinski definition) is 2. The second-order valence-corrected chi connectivity index (χ2v) is 5.20. The lowest BCUT2D eigenvalue weighted by Crippen LogP contribution is -2.46. The van der Waals surface area contributed by atoms with Crippen molar-refractivity contribution in [3.63, 3.8) is 0 Å². The van der Waals surface area contributed by atoms with Crippen LogP contribution in [0, 0.1) is 5.92 Å². The Hall–Kier alpha value is -0.570. The highest BCUT2D eigenvalue weighted by Gasteiger charge is 2.25. The van der Waals surface area contributed by atoms with Crippen LogP contribution in [0.1, 0.15) is 45.4 Å². The third-order valence-electron chi connectivity index (χ3n) is 3.65. The molecule has 0 heterocycles. The molecule has 0 aromatic carbocycles. The van der Waals surface area contributed by atoms with Crippen molar-refractivity contribution >= 4 is 5.91 Å². The molecule has 0 radical (unpaired) electrons. The zero-order valence-corrected chi connectivity index (χ0v) is 9.59. The van der Waals surface area contributed by atoms with Crippen molar-refractivity contribution in [3.8, 4) is 0 Å². The van der Waals surface area contributed by atoms with Crippen LogP contribution in [0.15, 0.2) is 0 Å². The molecule has 0 unspecified atom stereocenters. The fourth-order valence-corrected chi connectivity index (χ4v) is 2.65. The van der Waals surface area contributed by atoms with E-state index in [0.29, 0.717) is 18.6 Å². The van der Waals surface area contributed by atoms with Crippen LogP contribution in [0.4, 0.5) is 0 Å². The van der Waals surface area contributed by atoms with Crippen molar-refractivity contribution in [1.82, 2.24) is 10.6 Å². The van der Waals surface area contributed by atoms with Crippen LogP contribution in [-0.2, 0) is 4.79 Å². The van der Waals surface area contributed by atoms with Crippen molar-refractivity contribution in [3.05, 3.63) is 0 Å². The van der Waals surface area contributed by atoms with Crippen LogP contribution in [0.3, 0.4) is 0 Å². The Balaban J connectivity index is 1.56. The minimum absolute atomic E-state index is 0.182. The molecule has 1 amide bonds. The summed E-state index contributed by atoms with van der Waals surface area (Å²) in [7, 11) is 0. The molecule has 0 aromatic rings. The fraction of sp³-hybridized carbons (Fsp3) is 0.917. The quantitative estimate of drug-likeness (QED) is 0.737. The lowest BCUT2D eigenvalue weighted by Gasteiger charge is -2.33. The van der Waals surface area contributed by atoms with Gasteiger partial charge in [-0.15, -0.1) is 0 Å². The highest BCUT2D eigenvalue weighted by Crippen LogP contribution is 2.25. The molecule has 3 heteroatoms. The molecule has 2 aliphatic rings. The maximum atomic E-state index is 11.6. The van der Waals surface area contributed by atoms with E-state index in [-0.39, 0.29) is 5.91 Å². The first-order valence-corrected chi connectivity index (χ1v) is 6.27. The first kappa shape index (κ1) is 10.9. The van der Waals surface area contributed by atoms with E-state index in [1.807, 2.05) is 0 Å². The van der Waals surface area contributed by atoms with Gasteiger partial charge < -0.3 is 10.6 Å². The summed E-state index contributed by atoms with van der Waals surface area (Å²) in [4.78, 5) is 11.6. The molecule has 0 bridgehead atoms. The predicted molar refractivity (Wildman–Crippen MR) is 60.6 cm³/mol. The summed E-state index contributed by atoms with van der Waals surface area (Å²) in [6, 6.07) is 1.05. The van der Waals surface area contributed by atoms with Crippen molar-refractivity contribution in [2.24, 2.45) is 5.92 Å². The Labute approximate surface area is 92.0 Å². The molecule has 2 saturated carbocycles. The summed E-state index contributed by atoms with van der Waals surface area (Å²) < 4.78 is 0. The first-order valence-electron chi connectivity index (χ1n) is 6.27. The molecule has 0 spiro atoms. The highest BCUT2D eigenvalue weighted by atomic mass is 16.1. The molecular weight excluding hydrogens is 188 g/mol. The number of amides is 1. The number of rotatable bonds is 4. The molecular formula is C12H22N2O. The average molecular weight is 210 g/mol. The molecule has 3 nitrogen and oxygen atoms in total. The van der Waals surface area contributed by atoms with Crippen molar-refractivity contribution in [1.29, 1.82) is 0 Å². The van der Waals surface area contributed by atoms with Gasteiger partial charge >= 0.3 is 0 Å². The normalized spacial score (nSPS) is 31.3. The molecule has 86 valence electrons. The van der Waals surface area contributed by atoms with Gasteiger partial charge in [-0.05, 0) is 31.6 Å². The number of carbonyl (C=O) groups is 1. The maximum Gasteiger partial charge on any atom is 0.234 e. The molecule has 2 N–H and O–H groups in total. The largest absolute Gasteiger partial charge is 0.352 e.